The van der Waals surface area contributed by atoms with Crippen LogP contribution < -0.4 is 5.32 Å². The number of rotatable bonds is 7. The molecule has 32 heavy (non-hydrogen) atoms. The molecule has 2 aromatic carbocycles. The number of benzene rings is 2. The standard InChI is InChI=1S/C23H25N3O3S3/c1-16-8-9-20(12-17(16)2)32(28,29)26-15-30-14-21(26)22(27)24-11-10-19-13-31-23(25-19)18-6-4-3-5-7-18/h3-9,12-13,21H,10-11,14-15H2,1-2H3,(H,24,27). The normalized spacial score (nSPS) is 16.9. The van der Waals surface area contributed by atoms with Gasteiger partial charge in [0.1, 0.15) is 11.0 Å². The van der Waals surface area contributed by atoms with Crippen molar-refractivity contribution in [2.24, 2.45) is 0 Å². The Morgan fingerprint density at radius 3 is 2.69 bits per heavy atom. The summed E-state index contributed by atoms with van der Waals surface area (Å²) in [4.78, 5) is 17.7. The van der Waals surface area contributed by atoms with Crippen molar-refractivity contribution in [3.63, 3.8) is 0 Å². The molecule has 1 atom stereocenters. The predicted octanol–water partition coefficient (Wildman–Crippen LogP) is 3.85. The average Bonchev–Trinajstić information content (AvgIpc) is 3.46. The Hall–Kier alpha value is -2.20. The third kappa shape index (κ3) is 4.91. The van der Waals surface area contributed by atoms with Crippen molar-refractivity contribution in [2.45, 2.75) is 31.2 Å². The minimum Gasteiger partial charge on any atom is -0.354 e. The van der Waals surface area contributed by atoms with E-state index in [1.807, 2.05) is 49.6 Å². The summed E-state index contributed by atoms with van der Waals surface area (Å²) in [6.45, 7) is 4.24. The first-order chi connectivity index (χ1) is 15.4. The molecule has 1 saturated heterocycles. The SMILES string of the molecule is Cc1ccc(S(=O)(=O)N2CSCC2C(=O)NCCc2csc(-c3ccccc3)n2)cc1C. The van der Waals surface area contributed by atoms with Crippen molar-refractivity contribution in [1.82, 2.24) is 14.6 Å². The van der Waals surface area contributed by atoms with E-state index in [0.29, 0.717) is 18.7 Å². The number of carbonyl (C=O) groups is 1. The molecule has 1 N–H and O–H groups in total. The maximum Gasteiger partial charge on any atom is 0.244 e. The summed E-state index contributed by atoms with van der Waals surface area (Å²) in [7, 11) is -3.74. The zero-order valence-electron chi connectivity index (χ0n) is 17.9. The number of nitrogens with one attached hydrogen (secondary N) is 1. The van der Waals surface area contributed by atoms with E-state index in [4.69, 9.17) is 0 Å². The number of sulfonamides is 1. The number of nitrogens with zero attached hydrogens (tertiary/aromatic N) is 2. The molecule has 1 aliphatic rings. The Bertz CT molecular complexity index is 1210. The van der Waals surface area contributed by atoms with Gasteiger partial charge in [-0.1, -0.05) is 36.4 Å². The van der Waals surface area contributed by atoms with E-state index in [9.17, 15) is 13.2 Å². The molecule has 9 heteroatoms. The number of thioether (sulfide) groups is 1. The molecule has 3 aromatic rings. The first-order valence-electron chi connectivity index (χ1n) is 10.3. The zero-order chi connectivity index (χ0) is 22.7. The number of hydrogen-bond donors (Lipinski definition) is 1. The van der Waals surface area contributed by atoms with E-state index in [0.717, 1.165) is 27.4 Å². The summed E-state index contributed by atoms with van der Waals surface area (Å²) >= 11 is 3.03. The van der Waals surface area contributed by atoms with Crippen LogP contribution in [0.15, 0.2) is 58.8 Å². The highest BCUT2D eigenvalue weighted by Gasteiger charge is 2.40. The summed E-state index contributed by atoms with van der Waals surface area (Å²) < 4.78 is 27.7. The molecule has 0 spiro atoms. The van der Waals surface area contributed by atoms with E-state index < -0.39 is 16.1 Å². The van der Waals surface area contributed by atoms with Gasteiger partial charge in [-0.2, -0.15) is 4.31 Å². The smallest absolute Gasteiger partial charge is 0.244 e. The number of thiazole rings is 1. The van der Waals surface area contributed by atoms with Gasteiger partial charge in [-0.05, 0) is 37.1 Å². The Kier molecular flexibility index (Phi) is 6.99. The van der Waals surface area contributed by atoms with Crippen LogP contribution in [0.5, 0.6) is 0 Å². The Morgan fingerprint density at radius 2 is 1.94 bits per heavy atom. The molecule has 6 nitrogen and oxygen atoms in total. The molecular weight excluding hydrogens is 462 g/mol. The second kappa shape index (κ2) is 9.74. The second-order valence-electron chi connectivity index (χ2n) is 7.70. The molecule has 4 rings (SSSR count). The van der Waals surface area contributed by atoms with Crippen molar-refractivity contribution < 1.29 is 13.2 Å². The van der Waals surface area contributed by atoms with Crippen molar-refractivity contribution in [1.29, 1.82) is 0 Å². The van der Waals surface area contributed by atoms with Crippen molar-refractivity contribution in [3.8, 4) is 10.6 Å². The van der Waals surface area contributed by atoms with Crippen LogP contribution in [0.4, 0.5) is 0 Å². The van der Waals surface area contributed by atoms with Gasteiger partial charge in [-0.3, -0.25) is 4.79 Å². The Balaban J connectivity index is 1.38. The molecule has 0 radical (unpaired) electrons. The van der Waals surface area contributed by atoms with Crippen LogP contribution in [-0.2, 0) is 21.2 Å². The van der Waals surface area contributed by atoms with Crippen LogP contribution in [0.3, 0.4) is 0 Å². The third-order valence-corrected chi connectivity index (χ3v) is 9.45. The maximum absolute atomic E-state index is 13.2. The fraction of sp³-hybridized carbons (Fsp3) is 0.304. The topological polar surface area (TPSA) is 79.4 Å². The summed E-state index contributed by atoms with van der Waals surface area (Å²) in [5.41, 5.74) is 3.93. The lowest BCUT2D eigenvalue weighted by Crippen LogP contribution is -2.47. The van der Waals surface area contributed by atoms with Crippen molar-refractivity contribution in [2.75, 3.05) is 18.2 Å². The highest BCUT2D eigenvalue weighted by Crippen LogP contribution is 2.29. The summed E-state index contributed by atoms with van der Waals surface area (Å²) in [5.74, 6) is 0.464. The number of aryl methyl sites for hydroxylation is 2. The quantitative estimate of drug-likeness (QED) is 0.548. The van der Waals surface area contributed by atoms with Gasteiger partial charge < -0.3 is 5.32 Å². The largest absolute Gasteiger partial charge is 0.354 e. The summed E-state index contributed by atoms with van der Waals surface area (Å²) in [6, 6.07) is 14.4. The van der Waals surface area contributed by atoms with Crippen LogP contribution in [0, 0.1) is 13.8 Å². The van der Waals surface area contributed by atoms with E-state index in [2.05, 4.69) is 10.3 Å². The average molecular weight is 488 g/mol. The second-order valence-corrected chi connectivity index (χ2v) is 11.5. The fourth-order valence-electron chi connectivity index (χ4n) is 3.45. The van der Waals surface area contributed by atoms with E-state index >= 15 is 0 Å². The van der Waals surface area contributed by atoms with E-state index in [1.165, 1.54) is 16.1 Å². The summed E-state index contributed by atoms with van der Waals surface area (Å²) in [5, 5.41) is 5.85. The highest BCUT2D eigenvalue weighted by molar-refractivity contribution is 8.00. The first kappa shape index (κ1) is 23.0. The number of amides is 1. The minimum atomic E-state index is -3.74. The molecule has 1 fully saturated rings. The lowest BCUT2D eigenvalue weighted by atomic mass is 10.1. The lowest BCUT2D eigenvalue weighted by Gasteiger charge is -2.23. The van der Waals surface area contributed by atoms with Crippen LogP contribution in [0.25, 0.3) is 10.6 Å². The van der Waals surface area contributed by atoms with Gasteiger partial charge in [0.25, 0.3) is 0 Å². The Morgan fingerprint density at radius 1 is 1.16 bits per heavy atom. The van der Waals surface area contributed by atoms with Gasteiger partial charge in [-0.15, -0.1) is 23.1 Å². The Labute approximate surface area is 197 Å². The number of aromatic nitrogens is 1. The number of hydrogen-bond acceptors (Lipinski definition) is 6. The maximum atomic E-state index is 13.2. The monoisotopic (exact) mass is 487 g/mol. The third-order valence-electron chi connectivity index (χ3n) is 5.48. The molecule has 1 aromatic heterocycles. The molecule has 1 amide bonds. The molecule has 168 valence electrons. The van der Waals surface area contributed by atoms with Gasteiger partial charge in [0.05, 0.1) is 16.5 Å². The zero-order valence-corrected chi connectivity index (χ0v) is 20.4. The molecule has 1 unspecified atom stereocenters. The predicted molar refractivity (Wildman–Crippen MR) is 130 cm³/mol. The van der Waals surface area contributed by atoms with Gasteiger partial charge in [0.2, 0.25) is 15.9 Å². The molecule has 1 aliphatic heterocycles. The van der Waals surface area contributed by atoms with Crippen LogP contribution in [0.1, 0.15) is 16.8 Å². The molecular formula is C23H25N3O3S3. The number of carbonyl (C=O) groups excluding carboxylic acids is 1. The van der Waals surface area contributed by atoms with Gasteiger partial charge in [0, 0.05) is 29.7 Å². The molecule has 2 heterocycles. The summed E-state index contributed by atoms with van der Waals surface area (Å²) in [6.07, 6.45) is 0.596. The van der Waals surface area contributed by atoms with Gasteiger partial charge >= 0.3 is 0 Å². The lowest BCUT2D eigenvalue weighted by molar-refractivity contribution is -0.123. The fourth-order valence-corrected chi connectivity index (χ4v) is 7.54. The van der Waals surface area contributed by atoms with Gasteiger partial charge in [0.15, 0.2) is 0 Å². The molecule has 0 aliphatic carbocycles. The van der Waals surface area contributed by atoms with Gasteiger partial charge in [-0.25, -0.2) is 13.4 Å². The molecule has 0 saturated carbocycles. The van der Waals surface area contributed by atoms with Crippen LogP contribution in [-0.4, -0.2) is 47.8 Å². The van der Waals surface area contributed by atoms with E-state index in [-0.39, 0.29) is 16.7 Å². The highest BCUT2D eigenvalue weighted by atomic mass is 32.2. The van der Waals surface area contributed by atoms with Crippen LogP contribution in [0.2, 0.25) is 0 Å². The molecule has 0 bridgehead atoms. The van der Waals surface area contributed by atoms with Crippen molar-refractivity contribution in [3.05, 3.63) is 70.7 Å². The minimum absolute atomic E-state index is 0.233. The van der Waals surface area contributed by atoms with E-state index in [1.54, 1.807) is 29.5 Å². The first-order valence-corrected chi connectivity index (χ1v) is 13.8. The van der Waals surface area contributed by atoms with Crippen LogP contribution >= 0.6 is 23.1 Å². The van der Waals surface area contributed by atoms with Crippen molar-refractivity contribution >= 4 is 39.0 Å².